The molecule has 5 nitrogen and oxygen atoms in total. The van der Waals surface area contributed by atoms with Gasteiger partial charge in [0.25, 0.3) is 0 Å². The highest BCUT2D eigenvalue weighted by Gasteiger charge is 2.11. The van der Waals surface area contributed by atoms with Crippen molar-refractivity contribution in [1.82, 2.24) is 9.97 Å². The van der Waals surface area contributed by atoms with Crippen LogP contribution in [0.2, 0.25) is 0 Å². The molecule has 1 heterocycles. The first-order chi connectivity index (χ1) is 10.2. The summed E-state index contributed by atoms with van der Waals surface area (Å²) in [6, 6.07) is 13.5. The van der Waals surface area contributed by atoms with Crippen LogP contribution in [0.3, 0.4) is 0 Å². The Morgan fingerprint density at radius 1 is 1.10 bits per heavy atom. The minimum absolute atomic E-state index is 0.691. The number of aromatic nitrogens is 2. The Morgan fingerprint density at radius 2 is 1.95 bits per heavy atom. The Hall–Kier alpha value is -2.82. The number of anilines is 3. The summed E-state index contributed by atoms with van der Waals surface area (Å²) < 4.78 is 5.27. The van der Waals surface area contributed by atoms with Gasteiger partial charge in [0.1, 0.15) is 17.9 Å². The normalized spacial score (nSPS) is 10.6. The second-order valence-electron chi connectivity index (χ2n) is 4.73. The molecule has 0 atom stereocenters. The van der Waals surface area contributed by atoms with Gasteiger partial charge in [0.2, 0.25) is 0 Å². The zero-order chi connectivity index (χ0) is 14.8. The minimum atomic E-state index is 0.691. The van der Waals surface area contributed by atoms with E-state index in [0.717, 1.165) is 28.2 Å². The van der Waals surface area contributed by atoms with Crippen LogP contribution >= 0.6 is 0 Å². The summed E-state index contributed by atoms with van der Waals surface area (Å²) in [6.07, 6.45) is 1.55. The fourth-order valence-corrected chi connectivity index (χ4v) is 2.27. The first-order valence-electron chi connectivity index (χ1n) is 6.57. The van der Waals surface area contributed by atoms with Crippen LogP contribution in [0.15, 0.2) is 48.8 Å². The molecule has 0 unspecified atom stereocenters. The lowest BCUT2D eigenvalue weighted by Gasteiger charge is -2.20. The number of fused-ring (bicyclic) bond motifs is 1. The molecule has 0 spiro atoms. The summed E-state index contributed by atoms with van der Waals surface area (Å²) in [5, 5.41) is 0.956. The molecule has 5 heteroatoms. The summed E-state index contributed by atoms with van der Waals surface area (Å²) in [5.41, 5.74) is 8.32. The highest BCUT2D eigenvalue weighted by molar-refractivity contribution is 5.92. The molecule has 2 aromatic carbocycles. The van der Waals surface area contributed by atoms with Crippen molar-refractivity contribution in [1.29, 1.82) is 0 Å². The van der Waals surface area contributed by atoms with Gasteiger partial charge in [-0.3, -0.25) is 0 Å². The zero-order valence-corrected chi connectivity index (χ0v) is 11.9. The predicted octanol–water partition coefficient (Wildman–Crippen LogP) is 2.99. The maximum atomic E-state index is 5.81. The molecule has 1 aromatic heterocycles. The summed E-state index contributed by atoms with van der Waals surface area (Å²) >= 11 is 0. The molecule has 0 radical (unpaired) electrons. The first-order valence-corrected chi connectivity index (χ1v) is 6.57. The zero-order valence-electron chi connectivity index (χ0n) is 11.9. The Morgan fingerprint density at radius 3 is 2.76 bits per heavy atom. The van der Waals surface area contributed by atoms with E-state index < -0.39 is 0 Å². The Bertz CT molecular complexity index is 788. The van der Waals surface area contributed by atoms with Gasteiger partial charge < -0.3 is 15.4 Å². The van der Waals surface area contributed by atoms with E-state index >= 15 is 0 Å². The largest absolute Gasteiger partial charge is 0.497 e. The lowest BCUT2D eigenvalue weighted by Crippen LogP contribution is -2.12. The molecular weight excluding hydrogens is 264 g/mol. The van der Waals surface area contributed by atoms with Gasteiger partial charge in [-0.25, -0.2) is 9.97 Å². The molecule has 106 valence electrons. The monoisotopic (exact) mass is 280 g/mol. The molecule has 0 saturated carbocycles. The van der Waals surface area contributed by atoms with Crippen molar-refractivity contribution in [3.63, 3.8) is 0 Å². The van der Waals surface area contributed by atoms with Crippen LogP contribution in [0.4, 0.5) is 17.2 Å². The molecular formula is C16H16N4O. The van der Waals surface area contributed by atoms with Gasteiger partial charge >= 0.3 is 0 Å². The average Bonchev–Trinajstić information content (AvgIpc) is 2.53. The van der Waals surface area contributed by atoms with Crippen molar-refractivity contribution in [2.75, 3.05) is 24.8 Å². The predicted molar refractivity (Wildman–Crippen MR) is 85.0 cm³/mol. The maximum absolute atomic E-state index is 5.81. The van der Waals surface area contributed by atoms with Crippen LogP contribution < -0.4 is 15.4 Å². The Kier molecular flexibility index (Phi) is 3.31. The summed E-state index contributed by atoms with van der Waals surface area (Å²) in [6.45, 7) is 0. The van der Waals surface area contributed by atoms with Crippen LogP contribution in [0, 0.1) is 0 Å². The van der Waals surface area contributed by atoms with Crippen molar-refractivity contribution in [3.05, 3.63) is 48.8 Å². The number of ether oxygens (including phenoxy) is 1. The van der Waals surface area contributed by atoms with Crippen LogP contribution in [0.25, 0.3) is 10.9 Å². The van der Waals surface area contributed by atoms with Crippen molar-refractivity contribution in [3.8, 4) is 5.75 Å². The molecule has 3 aromatic rings. The van der Waals surface area contributed by atoms with E-state index in [1.54, 1.807) is 13.4 Å². The van der Waals surface area contributed by atoms with Gasteiger partial charge in [0.15, 0.2) is 0 Å². The minimum Gasteiger partial charge on any atom is -0.497 e. The smallest absolute Gasteiger partial charge is 0.144 e. The van der Waals surface area contributed by atoms with Gasteiger partial charge in [-0.05, 0) is 30.3 Å². The van der Waals surface area contributed by atoms with Crippen LogP contribution in [0.1, 0.15) is 0 Å². The fraction of sp³-hybridized carbons (Fsp3) is 0.125. The Balaban J connectivity index is 2.10. The number of nitrogens with two attached hydrogens (primary N) is 1. The van der Waals surface area contributed by atoms with Gasteiger partial charge in [0, 0.05) is 29.9 Å². The van der Waals surface area contributed by atoms with E-state index in [9.17, 15) is 0 Å². The van der Waals surface area contributed by atoms with Gasteiger partial charge in [-0.2, -0.15) is 0 Å². The van der Waals surface area contributed by atoms with Crippen LogP contribution in [0.5, 0.6) is 5.75 Å². The van der Waals surface area contributed by atoms with E-state index in [-0.39, 0.29) is 0 Å². The second-order valence-corrected chi connectivity index (χ2v) is 4.73. The van der Waals surface area contributed by atoms with Gasteiger partial charge in [0.05, 0.1) is 12.6 Å². The lowest BCUT2D eigenvalue weighted by molar-refractivity contribution is 0.415. The third-order valence-corrected chi connectivity index (χ3v) is 3.40. The van der Waals surface area contributed by atoms with Crippen molar-refractivity contribution >= 4 is 28.1 Å². The third-order valence-electron chi connectivity index (χ3n) is 3.40. The van der Waals surface area contributed by atoms with Crippen molar-refractivity contribution < 1.29 is 4.74 Å². The lowest BCUT2D eigenvalue weighted by atomic mass is 10.2. The summed E-state index contributed by atoms with van der Waals surface area (Å²) in [5.74, 6) is 1.63. The number of hydrogen-bond acceptors (Lipinski definition) is 5. The third kappa shape index (κ3) is 2.45. The summed E-state index contributed by atoms with van der Waals surface area (Å²) in [7, 11) is 3.62. The average molecular weight is 280 g/mol. The van der Waals surface area contributed by atoms with Gasteiger partial charge in [-0.1, -0.05) is 6.07 Å². The van der Waals surface area contributed by atoms with E-state index in [4.69, 9.17) is 10.5 Å². The highest BCUT2D eigenvalue weighted by Crippen LogP contribution is 2.30. The molecule has 0 fully saturated rings. The standard InChI is InChI=1S/C16H16N4O/c1-20(12-4-3-5-13(9-12)21-2)16-14-7-6-11(17)8-15(14)18-10-19-16/h3-10H,17H2,1-2H3. The van der Waals surface area contributed by atoms with Crippen LogP contribution in [-0.4, -0.2) is 24.1 Å². The second kappa shape index (κ2) is 5.28. The fourth-order valence-electron chi connectivity index (χ4n) is 2.27. The molecule has 0 aliphatic heterocycles. The number of rotatable bonds is 3. The SMILES string of the molecule is COc1cccc(N(C)c2ncnc3cc(N)ccc23)c1. The molecule has 0 bridgehead atoms. The quantitative estimate of drug-likeness (QED) is 0.747. The molecule has 3 rings (SSSR count). The van der Waals surface area contributed by atoms with E-state index in [1.807, 2.05) is 54.4 Å². The molecule has 0 aliphatic carbocycles. The van der Waals surface area contributed by atoms with E-state index in [1.165, 1.54) is 0 Å². The highest BCUT2D eigenvalue weighted by atomic mass is 16.5. The number of nitrogen functional groups attached to an aromatic ring is 1. The van der Waals surface area contributed by atoms with E-state index in [2.05, 4.69) is 9.97 Å². The molecule has 21 heavy (non-hydrogen) atoms. The number of benzene rings is 2. The number of nitrogens with zero attached hydrogens (tertiary/aromatic N) is 3. The number of methoxy groups -OCH3 is 1. The van der Waals surface area contributed by atoms with Crippen LogP contribution in [-0.2, 0) is 0 Å². The molecule has 0 saturated heterocycles. The summed E-state index contributed by atoms with van der Waals surface area (Å²) in [4.78, 5) is 10.7. The molecule has 2 N–H and O–H groups in total. The first kappa shape index (κ1) is 13.2. The van der Waals surface area contributed by atoms with Gasteiger partial charge in [-0.15, -0.1) is 0 Å². The Labute approximate surface area is 123 Å². The van der Waals surface area contributed by atoms with Crippen molar-refractivity contribution in [2.24, 2.45) is 0 Å². The molecule has 0 amide bonds. The van der Waals surface area contributed by atoms with Crippen molar-refractivity contribution in [2.45, 2.75) is 0 Å². The number of hydrogen-bond donors (Lipinski definition) is 1. The maximum Gasteiger partial charge on any atom is 0.144 e. The topological polar surface area (TPSA) is 64.3 Å². The molecule has 0 aliphatic rings. The van der Waals surface area contributed by atoms with E-state index in [0.29, 0.717) is 5.69 Å².